The fourth-order valence-corrected chi connectivity index (χ4v) is 4.81. The lowest BCUT2D eigenvalue weighted by atomic mass is 10.1. The second kappa shape index (κ2) is 9.37. The van der Waals surface area contributed by atoms with E-state index >= 15 is 0 Å². The summed E-state index contributed by atoms with van der Waals surface area (Å²) in [5, 5.41) is 3.22. The van der Waals surface area contributed by atoms with Crippen molar-refractivity contribution >= 4 is 60.7 Å². The molecule has 0 amide bonds. The zero-order valence-corrected chi connectivity index (χ0v) is 20.0. The van der Waals surface area contributed by atoms with E-state index in [2.05, 4.69) is 52.8 Å². The highest BCUT2D eigenvalue weighted by Crippen LogP contribution is 2.41. The Balaban J connectivity index is 0.00000132. The van der Waals surface area contributed by atoms with E-state index in [4.69, 9.17) is 5.73 Å². The lowest BCUT2D eigenvalue weighted by Crippen LogP contribution is -2.41. The first kappa shape index (κ1) is 23.2. The summed E-state index contributed by atoms with van der Waals surface area (Å²) in [5.41, 5.74) is 13.2. The molecule has 0 spiro atoms. The van der Waals surface area contributed by atoms with Gasteiger partial charge in [0.2, 0.25) is 0 Å². The smallest absolute Gasteiger partial charge is 0.160 e. The molecule has 1 aliphatic rings. The highest BCUT2D eigenvalue weighted by atomic mass is 79.9. The standard InChI is InChI=1S/C20H20BrFN6S.CH5N/c1-20(2)19(23)28-16(9-29(20)3)13-7-12(4-5-14(13)22)27-18-17-15(25-10-26-18)6-11(21)8-24-17;1-2/h4-8,10,16H,3,9H2,1-2H3,(H2,23,28)(H,25,26,27);2H2,1H3. The van der Waals surface area contributed by atoms with Crippen LogP contribution in [0.5, 0.6) is 0 Å². The Labute approximate surface area is 191 Å². The van der Waals surface area contributed by atoms with Gasteiger partial charge in [-0.2, -0.15) is 10.5 Å². The number of halogens is 2. The molecule has 1 aliphatic heterocycles. The molecule has 31 heavy (non-hydrogen) atoms. The Morgan fingerprint density at radius 1 is 1.23 bits per heavy atom. The van der Waals surface area contributed by atoms with E-state index in [1.807, 2.05) is 19.9 Å². The van der Waals surface area contributed by atoms with Gasteiger partial charge in [0, 0.05) is 27.7 Å². The van der Waals surface area contributed by atoms with Crippen LogP contribution in [0.1, 0.15) is 25.5 Å². The maximum Gasteiger partial charge on any atom is 0.160 e. The van der Waals surface area contributed by atoms with Crippen molar-refractivity contribution in [3.63, 3.8) is 0 Å². The predicted molar refractivity (Wildman–Crippen MR) is 133 cm³/mol. The van der Waals surface area contributed by atoms with Gasteiger partial charge >= 0.3 is 0 Å². The first-order chi connectivity index (χ1) is 14.8. The van der Waals surface area contributed by atoms with Gasteiger partial charge in [-0.1, -0.05) is 5.87 Å². The van der Waals surface area contributed by atoms with Gasteiger partial charge in [-0.05, 0) is 61.1 Å². The second-order valence-corrected chi connectivity index (χ2v) is 10.6. The van der Waals surface area contributed by atoms with E-state index in [-0.39, 0.29) is 27.1 Å². The third-order valence-electron chi connectivity index (χ3n) is 5.05. The molecule has 0 saturated heterocycles. The van der Waals surface area contributed by atoms with Crippen LogP contribution in [-0.4, -0.2) is 44.2 Å². The largest absolute Gasteiger partial charge is 0.386 e. The van der Waals surface area contributed by atoms with Crippen LogP contribution < -0.4 is 16.8 Å². The predicted octanol–water partition coefficient (Wildman–Crippen LogP) is 4.14. The number of pyridine rings is 1. The average Bonchev–Trinajstić information content (AvgIpc) is 2.75. The summed E-state index contributed by atoms with van der Waals surface area (Å²) >= 11 is 3.39. The highest BCUT2D eigenvalue weighted by Gasteiger charge is 2.33. The molecule has 0 radical (unpaired) electrons. The lowest BCUT2D eigenvalue weighted by molar-refractivity contribution is 0.593. The minimum absolute atomic E-state index is 0.263. The van der Waals surface area contributed by atoms with Gasteiger partial charge < -0.3 is 16.8 Å². The number of nitrogens with two attached hydrogens (primary N) is 2. The molecular formula is C21H25BrFN7S. The number of hydrogen-bond donors (Lipinski definition) is 3. The van der Waals surface area contributed by atoms with Crippen molar-refractivity contribution in [2.24, 2.45) is 16.5 Å². The van der Waals surface area contributed by atoms with Crippen LogP contribution in [0.15, 0.2) is 46.3 Å². The van der Waals surface area contributed by atoms with Crippen LogP contribution in [0.3, 0.4) is 0 Å². The van der Waals surface area contributed by atoms with E-state index in [1.54, 1.807) is 18.3 Å². The van der Waals surface area contributed by atoms with E-state index in [0.29, 0.717) is 39.7 Å². The van der Waals surface area contributed by atoms with Crippen LogP contribution in [0.4, 0.5) is 15.9 Å². The molecule has 10 heteroatoms. The molecule has 4 rings (SSSR count). The molecule has 0 aliphatic carbocycles. The van der Waals surface area contributed by atoms with Crippen LogP contribution >= 0.6 is 26.4 Å². The number of amidine groups is 1. The van der Waals surface area contributed by atoms with Crippen molar-refractivity contribution in [3.05, 3.63) is 52.6 Å². The third-order valence-corrected chi connectivity index (χ3v) is 7.86. The van der Waals surface area contributed by atoms with Crippen LogP contribution in [0, 0.1) is 5.82 Å². The Hall–Kier alpha value is -2.43. The van der Waals surface area contributed by atoms with Gasteiger partial charge in [-0.25, -0.2) is 19.3 Å². The molecule has 2 atom stereocenters. The monoisotopic (exact) mass is 505 g/mol. The molecule has 3 heterocycles. The number of hydrogen-bond acceptors (Lipinski definition) is 7. The molecule has 0 bridgehead atoms. The SMILES string of the molecule is C=S1CC(c2cc(Nc3ncnc4cc(Br)cnc34)ccc2F)N=C(N)C1(C)C.CN. The Morgan fingerprint density at radius 2 is 1.97 bits per heavy atom. The maximum absolute atomic E-state index is 14.6. The fraction of sp³-hybridized carbons (Fsp3) is 0.286. The minimum Gasteiger partial charge on any atom is -0.386 e. The molecule has 2 aromatic heterocycles. The van der Waals surface area contributed by atoms with Crippen molar-refractivity contribution in [3.8, 4) is 0 Å². The number of anilines is 2. The molecule has 1 aromatic carbocycles. The average molecular weight is 506 g/mol. The lowest BCUT2D eigenvalue weighted by Gasteiger charge is -2.35. The normalized spacial score (nSPS) is 19.9. The minimum atomic E-state index is -0.359. The Bertz CT molecular complexity index is 1170. The summed E-state index contributed by atoms with van der Waals surface area (Å²) in [7, 11) is 1.24. The highest BCUT2D eigenvalue weighted by molar-refractivity contribution is 9.10. The fourth-order valence-electron chi connectivity index (χ4n) is 3.09. The first-order valence-electron chi connectivity index (χ1n) is 9.50. The number of aromatic nitrogens is 3. The molecule has 2 unspecified atom stereocenters. The number of fused-ring (bicyclic) bond motifs is 1. The van der Waals surface area contributed by atoms with Crippen molar-refractivity contribution in [1.82, 2.24) is 15.0 Å². The topological polar surface area (TPSA) is 115 Å². The number of aliphatic imine (C=N–C) groups is 1. The van der Waals surface area contributed by atoms with Gasteiger partial charge in [0.15, 0.2) is 5.82 Å². The van der Waals surface area contributed by atoms with Gasteiger partial charge in [-0.15, -0.1) is 0 Å². The van der Waals surface area contributed by atoms with E-state index in [1.165, 1.54) is 19.4 Å². The number of benzene rings is 1. The van der Waals surface area contributed by atoms with Crippen LogP contribution in [0.25, 0.3) is 11.0 Å². The zero-order chi connectivity index (χ0) is 22.8. The summed E-state index contributed by atoms with van der Waals surface area (Å²) in [6.07, 6.45) is 3.15. The van der Waals surface area contributed by atoms with Gasteiger partial charge in [0.05, 0.1) is 16.3 Å². The first-order valence-corrected chi connectivity index (χ1v) is 11.9. The second-order valence-electron chi connectivity index (χ2n) is 7.30. The van der Waals surface area contributed by atoms with Crippen LogP contribution in [-0.2, 0) is 0 Å². The summed E-state index contributed by atoms with van der Waals surface area (Å²) in [6, 6.07) is 6.34. The molecule has 3 aromatic rings. The molecule has 0 saturated carbocycles. The quantitative estimate of drug-likeness (QED) is 0.460. The zero-order valence-electron chi connectivity index (χ0n) is 17.6. The number of nitrogens with one attached hydrogen (secondary N) is 1. The van der Waals surface area contributed by atoms with Gasteiger partial charge in [0.1, 0.15) is 23.5 Å². The molecule has 7 nitrogen and oxygen atoms in total. The summed E-state index contributed by atoms with van der Waals surface area (Å²) < 4.78 is 15.2. The van der Waals surface area contributed by atoms with Crippen molar-refractivity contribution in [1.29, 1.82) is 0 Å². The maximum atomic E-state index is 14.6. The Morgan fingerprint density at radius 3 is 2.68 bits per heavy atom. The van der Waals surface area contributed by atoms with Crippen molar-refractivity contribution in [2.75, 3.05) is 18.1 Å². The molecular weight excluding hydrogens is 481 g/mol. The van der Waals surface area contributed by atoms with E-state index in [0.717, 1.165) is 4.47 Å². The van der Waals surface area contributed by atoms with Gasteiger partial charge in [-0.3, -0.25) is 4.99 Å². The van der Waals surface area contributed by atoms with E-state index < -0.39 is 0 Å². The molecule has 0 fully saturated rings. The third kappa shape index (κ3) is 4.76. The Kier molecular flexibility index (Phi) is 7.03. The summed E-state index contributed by atoms with van der Waals surface area (Å²) in [6.45, 7) is 4.05. The molecule has 164 valence electrons. The number of rotatable bonds is 3. The summed E-state index contributed by atoms with van der Waals surface area (Å²) in [5.74, 6) is 5.64. The summed E-state index contributed by atoms with van der Waals surface area (Å²) in [4.78, 5) is 17.5. The molecule has 5 N–H and O–H groups in total. The van der Waals surface area contributed by atoms with E-state index in [9.17, 15) is 4.39 Å². The van der Waals surface area contributed by atoms with Crippen molar-refractivity contribution < 1.29 is 4.39 Å². The van der Waals surface area contributed by atoms with Crippen LogP contribution in [0.2, 0.25) is 0 Å². The number of nitrogens with zero attached hydrogens (tertiary/aromatic N) is 4. The van der Waals surface area contributed by atoms with Crippen molar-refractivity contribution in [2.45, 2.75) is 24.6 Å². The van der Waals surface area contributed by atoms with Gasteiger partial charge in [0.25, 0.3) is 0 Å².